The minimum atomic E-state index is -0.934. The van der Waals surface area contributed by atoms with Crippen molar-refractivity contribution in [2.75, 3.05) is 26.9 Å². The van der Waals surface area contributed by atoms with Crippen LogP contribution in [0.5, 0.6) is 11.5 Å². The third-order valence-electron chi connectivity index (χ3n) is 8.58. The van der Waals surface area contributed by atoms with Gasteiger partial charge in [-0.2, -0.15) is 0 Å². The first-order valence-electron chi connectivity index (χ1n) is 16.9. The maximum atomic E-state index is 12.3. The summed E-state index contributed by atoms with van der Waals surface area (Å²) in [6, 6.07) is 14.0. The van der Waals surface area contributed by atoms with E-state index in [2.05, 4.69) is 10.2 Å². The van der Waals surface area contributed by atoms with Crippen LogP contribution in [0.1, 0.15) is 73.7 Å². The zero-order chi connectivity index (χ0) is 36.3. The van der Waals surface area contributed by atoms with Crippen LogP contribution in [-0.4, -0.2) is 83.4 Å². The van der Waals surface area contributed by atoms with Crippen molar-refractivity contribution < 1.29 is 53.8 Å². The van der Waals surface area contributed by atoms with Crippen molar-refractivity contribution in [3.05, 3.63) is 81.9 Å². The molecule has 5 atom stereocenters. The second-order valence-corrected chi connectivity index (χ2v) is 12.2. The SMILES string of the molecule is COc1cc(C(=O)OCCCO[N+](=O)[O-])ccc1OC(=O)CNC(=O)CCC/C=C\C[C@@H]1[C@@H](CC[C@@H](O)CCc2ccccc2)[C@H](O)C[C@@H]1O. The predicted molar refractivity (Wildman–Crippen MR) is 181 cm³/mol. The Balaban J connectivity index is 1.32. The molecule has 4 N–H and O–H groups in total. The van der Waals surface area contributed by atoms with E-state index in [1.165, 1.54) is 30.9 Å². The number of nitrogens with zero attached hydrogens (tertiary/aromatic N) is 1. The number of amides is 1. The summed E-state index contributed by atoms with van der Waals surface area (Å²) in [4.78, 5) is 51.1. The summed E-state index contributed by atoms with van der Waals surface area (Å²) in [5, 5.41) is 43.3. The number of hydrogen-bond acceptors (Lipinski definition) is 12. The molecule has 0 spiro atoms. The van der Waals surface area contributed by atoms with E-state index in [0.29, 0.717) is 44.9 Å². The zero-order valence-corrected chi connectivity index (χ0v) is 28.3. The van der Waals surface area contributed by atoms with Gasteiger partial charge in [0.1, 0.15) is 6.54 Å². The summed E-state index contributed by atoms with van der Waals surface area (Å²) < 4.78 is 15.5. The molecule has 0 bridgehead atoms. The molecule has 1 aliphatic carbocycles. The molecule has 14 nitrogen and oxygen atoms in total. The molecule has 2 aromatic rings. The van der Waals surface area contributed by atoms with E-state index in [4.69, 9.17) is 14.2 Å². The van der Waals surface area contributed by atoms with Gasteiger partial charge in [0.05, 0.1) is 44.2 Å². The number of hydrogen-bond donors (Lipinski definition) is 4. The van der Waals surface area contributed by atoms with Gasteiger partial charge < -0.3 is 39.7 Å². The Morgan fingerprint density at radius 2 is 1.76 bits per heavy atom. The minimum absolute atomic E-state index is 0.0363. The second kappa shape index (κ2) is 21.5. The van der Waals surface area contributed by atoms with Gasteiger partial charge in [-0.15, -0.1) is 10.1 Å². The fourth-order valence-electron chi connectivity index (χ4n) is 5.91. The van der Waals surface area contributed by atoms with E-state index in [1.807, 2.05) is 42.5 Å². The average Bonchev–Trinajstić information content (AvgIpc) is 3.37. The molecule has 14 heteroatoms. The number of unbranched alkanes of at least 4 members (excludes halogenated alkanes) is 1. The van der Waals surface area contributed by atoms with Gasteiger partial charge in [0, 0.05) is 12.8 Å². The molecule has 0 radical (unpaired) electrons. The number of benzene rings is 2. The lowest BCUT2D eigenvalue weighted by molar-refractivity contribution is -0.757. The van der Waals surface area contributed by atoms with Gasteiger partial charge in [-0.3, -0.25) is 4.79 Å². The highest BCUT2D eigenvalue weighted by molar-refractivity contribution is 5.90. The number of aliphatic hydroxyl groups is 3. The first kappa shape index (κ1) is 39.9. The summed E-state index contributed by atoms with van der Waals surface area (Å²) in [7, 11) is 1.32. The molecule has 1 amide bonds. The van der Waals surface area contributed by atoms with E-state index >= 15 is 0 Å². The number of nitrogens with one attached hydrogen (secondary N) is 1. The lowest BCUT2D eigenvalue weighted by Gasteiger charge is -2.23. The molecule has 0 unspecified atom stereocenters. The quantitative estimate of drug-likeness (QED) is 0.0347. The number of aryl methyl sites for hydroxylation is 1. The maximum absolute atomic E-state index is 12.3. The average molecular weight is 701 g/mol. The monoisotopic (exact) mass is 700 g/mol. The molecule has 0 aromatic heterocycles. The van der Waals surface area contributed by atoms with E-state index in [9.17, 15) is 39.8 Å². The Labute approximate surface area is 291 Å². The number of carbonyl (C=O) groups is 3. The van der Waals surface area contributed by atoms with E-state index in [0.717, 1.165) is 6.42 Å². The molecule has 0 aliphatic heterocycles. The van der Waals surface area contributed by atoms with Gasteiger partial charge in [-0.25, -0.2) is 9.59 Å². The van der Waals surface area contributed by atoms with Crippen LogP contribution in [0.4, 0.5) is 0 Å². The Kier molecular flexibility index (Phi) is 17.2. The van der Waals surface area contributed by atoms with E-state index in [-0.39, 0.29) is 67.4 Å². The number of carbonyl (C=O) groups excluding carboxylic acids is 3. The van der Waals surface area contributed by atoms with Gasteiger partial charge in [0.15, 0.2) is 11.5 Å². The molecule has 0 heterocycles. The minimum Gasteiger partial charge on any atom is -0.493 e. The predicted octanol–water partition coefficient (Wildman–Crippen LogP) is 3.72. The summed E-state index contributed by atoms with van der Waals surface area (Å²) in [6.45, 7) is -0.686. The Morgan fingerprint density at radius 3 is 2.50 bits per heavy atom. The largest absolute Gasteiger partial charge is 0.493 e. The van der Waals surface area contributed by atoms with E-state index < -0.39 is 35.3 Å². The fraction of sp³-hybridized carbons (Fsp3) is 0.528. The lowest BCUT2D eigenvalue weighted by Crippen LogP contribution is -2.31. The van der Waals surface area contributed by atoms with Crippen LogP contribution in [0, 0.1) is 22.0 Å². The van der Waals surface area contributed by atoms with Crippen molar-refractivity contribution in [3.8, 4) is 11.5 Å². The van der Waals surface area contributed by atoms with Crippen molar-refractivity contribution in [2.45, 2.75) is 82.5 Å². The number of esters is 2. The zero-order valence-electron chi connectivity index (χ0n) is 28.3. The highest BCUT2D eigenvalue weighted by Crippen LogP contribution is 2.38. The lowest BCUT2D eigenvalue weighted by atomic mass is 9.85. The Hall–Kier alpha value is -4.53. The van der Waals surface area contributed by atoms with Crippen LogP contribution in [0.25, 0.3) is 0 Å². The topological polar surface area (TPSA) is 204 Å². The molecule has 1 aliphatic rings. The van der Waals surface area contributed by atoms with Crippen molar-refractivity contribution in [2.24, 2.45) is 11.8 Å². The number of allylic oxidation sites excluding steroid dienone is 2. The molecular weight excluding hydrogens is 652 g/mol. The first-order chi connectivity index (χ1) is 24.1. The van der Waals surface area contributed by atoms with Crippen LogP contribution in [-0.2, 0) is 25.6 Å². The van der Waals surface area contributed by atoms with Crippen molar-refractivity contribution in [1.82, 2.24) is 5.32 Å². The van der Waals surface area contributed by atoms with Crippen LogP contribution in [0.2, 0.25) is 0 Å². The first-order valence-corrected chi connectivity index (χ1v) is 16.9. The number of methoxy groups -OCH3 is 1. The smallest absolute Gasteiger partial charge is 0.338 e. The highest BCUT2D eigenvalue weighted by atomic mass is 16.9. The summed E-state index contributed by atoms with van der Waals surface area (Å²) >= 11 is 0. The Morgan fingerprint density at radius 1 is 1.00 bits per heavy atom. The van der Waals surface area contributed by atoms with Crippen LogP contribution >= 0.6 is 0 Å². The maximum Gasteiger partial charge on any atom is 0.338 e. The molecular formula is C36H48N2O12. The molecule has 274 valence electrons. The third kappa shape index (κ3) is 14.1. The summed E-state index contributed by atoms with van der Waals surface area (Å²) in [5.41, 5.74) is 1.29. The van der Waals surface area contributed by atoms with Crippen molar-refractivity contribution in [3.63, 3.8) is 0 Å². The van der Waals surface area contributed by atoms with Crippen LogP contribution in [0.3, 0.4) is 0 Å². The number of rotatable bonds is 22. The molecule has 1 fully saturated rings. The van der Waals surface area contributed by atoms with Gasteiger partial charge >= 0.3 is 11.9 Å². The summed E-state index contributed by atoms with van der Waals surface area (Å²) in [6.07, 6.45) is 7.25. The van der Waals surface area contributed by atoms with Crippen LogP contribution < -0.4 is 14.8 Å². The third-order valence-corrected chi connectivity index (χ3v) is 8.58. The molecule has 50 heavy (non-hydrogen) atoms. The molecule has 0 saturated heterocycles. The standard InChI is InChI=1S/C36H48N2O12/c1-47-33-22-26(36(44)48-20-9-21-49-38(45)46)15-19-32(33)50-35(43)24-37-34(42)13-8-3-2-7-12-28-29(31(41)23-30(28)40)18-17-27(39)16-14-25-10-5-4-6-11-25/h2,4-7,10-11,15,19,22,27-31,39-41H,3,8-9,12-14,16-18,20-21,23-24H2,1H3,(H,37,42)/b7-2-/t27-,28+,29+,30-,31+/m0/s1. The Bertz CT molecular complexity index is 1400. The van der Waals surface area contributed by atoms with Gasteiger partial charge in [0.25, 0.3) is 5.09 Å². The van der Waals surface area contributed by atoms with E-state index in [1.54, 1.807) is 0 Å². The van der Waals surface area contributed by atoms with Crippen molar-refractivity contribution >= 4 is 17.8 Å². The van der Waals surface area contributed by atoms with Gasteiger partial charge in [-0.05, 0) is 87.0 Å². The second-order valence-electron chi connectivity index (χ2n) is 12.2. The van der Waals surface area contributed by atoms with Crippen molar-refractivity contribution in [1.29, 1.82) is 0 Å². The number of aliphatic hydroxyl groups excluding tert-OH is 3. The number of ether oxygens (including phenoxy) is 3. The molecule has 2 aromatic carbocycles. The normalized spacial score (nSPS) is 19.1. The summed E-state index contributed by atoms with van der Waals surface area (Å²) in [5.74, 6) is -1.85. The fourth-order valence-corrected chi connectivity index (χ4v) is 5.91. The highest BCUT2D eigenvalue weighted by Gasteiger charge is 2.40. The van der Waals surface area contributed by atoms with Crippen LogP contribution in [0.15, 0.2) is 60.7 Å². The molecule has 3 rings (SSSR count). The van der Waals surface area contributed by atoms with Gasteiger partial charge in [0.2, 0.25) is 5.91 Å². The molecule has 1 saturated carbocycles. The van der Waals surface area contributed by atoms with Gasteiger partial charge in [-0.1, -0.05) is 42.5 Å².